The van der Waals surface area contributed by atoms with Gasteiger partial charge in [-0.05, 0) is 92.0 Å². The number of piperidine rings is 1. The number of amides is 5. The highest BCUT2D eigenvalue weighted by atomic mass is 32.2. The van der Waals surface area contributed by atoms with Crippen molar-refractivity contribution >= 4 is 39.6 Å². The quantitative estimate of drug-likeness (QED) is 0.217. The van der Waals surface area contributed by atoms with Crippen LogP contribution in [0.3, 0.4) is 0 Å². The largest absolute Gasteiger partial charge is 0.344 e. The first-order valence-corrected chi connectivity index (χ1v) is 23.0. The molecule has 0 aromatic heterocycles. The predicted molar refractivity (Wildman–Crippen MR) is 214 cm³/mol. The van der Waals surface area contributed by atoms with E-state index in [1.54, 1.807) is 4.90 Å². The highest BCUT2D eigenvalue weighted by molar-refractivity contribution is 7.90. The van der Waals surface area contributed by atoms with Gasteiger partial charge in [0.25, 0.3) is 5.91 Å². The molecule has 13 nitrogen and oxygen atoms in total. The van der Waals surface area contributed by atoms with E-state index < -0.39 is 68.0 Å². The van der Waals surface area contributed by atoms with Gasteiger partial charge in [-0.15, -0.1) is 0 Å². The van der Waals surface area contributed by atoms with Gasteiger partial charge in [0.15, 0.2) is 0 Å². The van der Waals surface area contributed by atoms with Crippen LogP contribution in [-0.4, -0.2) is 103 Å². The summed E-state index contributed by atoms with van der Waals surface area (Å²) in [5.74, 6) is -2.22. The van der Waals surface area contributed by atoms with E-state index in [1.165, 1.54) is 0 Å². The first-order chi connectivity index (χ1) is 26.0. The summed E-state index contributed by atoms with van der Waals surface area (Å²) in [5.41, 5.74) is -1.86. The van der Waals surface area contributed by atoms with Crippen molar-refractivity contribution in [1.82, 2.24) is 30.5 Å². The summed E-state index contributed by atoms with van der Waals surface area (Å²) in [7, 11) is -3.83. The van der Waals surface area contributed by atoms with Crippen LogP contribution in [0.5, 0.6) is 0 Å². The Labute approximate surface area is 335 Å². The van der Waals surface area contributed by atoms with Crippen molar-refractivity contribution in [2.75, 3.05) is 26.2 Å². The maximum atomic E-state index is 15.1. The van der Waals surface area contributed by atoms with E-state index in [9.17, 15) is 27.6 Å². The molecule has 6 atom stereocenters. The number of likely N-dealkylation sites (tertiary alicyclic amines) is 2. The molecule has 6 fully saturated rings. The van der Waals surface area contributed by atoms with Gasteiger partial charge in [0.2, 0.25) is 33.7 Å². The molecule has 316 valence electrons. The summed E-state index contributed by atoms with van der Waals surface area (Å²) in [4.78, 5) is 75.2. The Morgan fingerprint density at radius 2 is 1.41 bits per heavy atom. The van der Waals surface area contributed by atoms with E-state index in [2.05, 4.69) is 46.3 Å². The van der Waals surface area contributed by atoms with Gasteiger partial charge >= 0.3 is 0 Å². The van der Waals surface area contributed by atoms with Crippen molar-refractivity contribution < 1.29 is 32.4 Å². The number of nitrogens with zero attached hydrogens (tertiary/aromatic N) is 2. The summed E-state index contributed by atoms with van der Waals surface area (Å²) in [6, 6.07) is -3.90. The lowest BCUT2D eigenvalue weighted by Gasteiger charge is -2.39. The number of hydrogen-bond donors (Lipinski definition) is 4. The fourth-order valence-corrected chi connectivity index (χ4v) is 12.2. The number of hydrogen-bond acceptors (Lipinski definition) is 8. The van der Waals surface area contributed by atoms with Crippen LogP contribution in [0.4, 0.5) is 0 Å². The summed E-state index contributed by atoms with van der Waals surface area (Å²) < 4.78 is 27.9. The van der Waals surface area contributed by atoms with Crippen LogP contribution < -0.4 is 20.7 Å². The molecule has 2 spiro atoms. The van der Waals surface area contributed by atoms with Crippen molar-refractivity contribution in [2.45, 2.75) is 169 Å². The molecule has 2 aliphatic heterocycles. The minimum atomic E-state index is -3.83. The number of nitrogens with one attached hydrogen (secondary N) is 4. The van der Waals surface area contributed by atoms with E-state index in [0.29, 0.717) is 38.8 Å². The molecule has 2 saturated heterocycles. The molecule has 4 aliphatic carbocycles. The van der Waals surface area contributed by atoms with Crippen LogP contribution in [0.25, 0.3) is 0 Å². The molecule has 6 aliphatic rings. The van der Waals surface area contributed by atoms with Gasteiger partial charge in [-0.1, -0.05) is 88.0 Å². The fourth-order valence-electron chi connectivity index (χ4n) is 10.8. The smallest absolute Gasteiger partial charge is 0.256 e. The minimum Gasteiger partial charge on any atom is -0.344 e. The Morgan fingerprint density at radius 3 is 1.91 bits per heavy atom. The topological polar surface area (TPSA) is 174 Å². The lowest BCUT2D eigenvalue weighted by molar-refractivity contribution is -0.145. The van der Waals surface area contributed by atoms with Crippen molar-refractivity contribution in [1.29, 1.82) is 0 Å². The molecule has 0 radical (unpaired) electrons. The lowest BCUT2D eigenvalue weighted by atomic mass is 9.73. The first kappa shape index (κ1) is 42.9. The first-order valence-electron chi connectivity index (χ1n) is 21.5. The highest BCUT2D eigenvalue weighted by Gasteiger charge is 2.85. The second kappa shape index (κ2) is 15.1. The molecule has 0 bridgehead atoms. The molecule has 0 aromatic rings. The monoisotopic (exact) mass is 803 g/mol. The Hall–Kier alpha value is -2.74. The maximum absolute atomic E-state index is 15.1. The zero-order chi connectivity index (χ0) is 41.2. The van der Waals surface area contributed by atoms with Crippen LogP contribution in [0.15, 0.2) is 0 Å². The SMILES string of the molecule is CCN1CCCC(C(=O)N[C@H](C(=O)N[C@H](C(=O)N2C[C@]3(C[C@H]2C(=O)N[C@@H](CC2CCC2)C(=O)NS(=O)(=O)C2CC2)C(C)(C)C32CCC2)C(C)(C)C)C(C)(C)C)C1. The molecule has 4 N–H and O–H groups in total. The van der Waals surface area contributed by atoms with E-state index in [4.69, 9.17) is 0 Å². The van der Waals surface area contributed by atoms with Gasteiger partial charge in [0.1, 0.15) is 24.2 Å². The van der Waals surface area contributed by atoms with Gasteiger partial charge in [-0.3, -0.25) is 28.7 Å². The van der Waals surface area contributed by atoms with Crippen molar-refractivity contribution in [3.8, 4) is 0 Å². The van der Waals surface area contributed by atoms with Crippen molar-refractivity contribution in [3.05, 3.63) is 0 Å². The van der Waals surface area contributed by atoms with E-state index in [1.807, 2.05) is 41.5 Å². The van der Waals surface area contributed by atoms with Gasteiger partial charge in [-0.25, -0.2) is 8.42 Å². The number of sulfonamides is 1. The molecule has 2 heterocycles. The van der Waals surface area contributed by atoms with Gasteiger partial charge in [0, 0.05) is 18.5 Å². The van der Waals surface area contributed by atoms with Crippen molar-refractivity contribution in [2.24, 2.45) is 38.9 Å². The van der Waals surface area contributed by atoms with E-state index >= 15 is 4.79 Å². The molecule has 14 heteroatoms. The molecule has 56 heavy (non-hydrogen) atoms. The normalized spacial score (nSPS) is 29.1. The Balaban J connectivity index is 1.25. The van der Waals surface area contributed by atoms with Gasteiger partial charge < -0.3 is 25.8 Å². The van der Waals surface area contributed by atoms with Crippen LogP contribution in [0, 0.1) is 38.9 Å². The van der Waals surface area contributed by atoms with Crippen molar-refractivity contribution in [3.63, 3.8) is 0 Å². The number of rotatable bonds is 13. The summed E-state index contributed by atoms with van der Waals surface area (Å²) in [5, 5.41) is 8.50. The molecule has 6 rings (SSSR count). The standard InChI is InChI=1S/C42H70N6O7S/c1-10-47-21-12-16-27(24-47)33(49)44-31(38(2,3)4)36(52)45-32(39(5,6)7)37(53)48-25-42(40(8,9)41(42)19-13-20-41)23-30(48)35(51)43-29(22-26-14-11-15-26)34(50)46-56(54,55)28-17-18-28/h26-32H,10-25H2,1-9H3,(H,43,51)(H,44,49)(H,45,52)(H,46,50)/t27?,29-,30-,31+,32+,42+/m0/s1. The number of fused-ring (bicyclic) bond motifs is 1. The lowest BCUT2D eigenvalue weighted by Crippen LogP contribution is -2.63. The van der Waals surface area contributed by atoms with Gasteiger partial charge in [-0.2, -0.15) is 0 Å². The summed E-state index contributed by atoms with van der Waals surface area (Å²) in [6.07, 6.45) is 9.40. The van der Waals surface area contributed by atoms with Gasteiger partial charge in [0.05, 0.1) is 11.2 Å². The average molecular weight is 803 g/mol. The molecule has 1 unspecified atom stereocenters. The molecular weight excluding hydrogens is 733 g/mol. The second-order valence-corrected chi connectivity index (χ2v) is 22.9. The molecule has 0 aromatic carbocycles. The minimum absolute atomic E-state index is 0.00315. The fraction of sp³-hybridized carbons (Fsp3) is 0.881. The van der Waals surface area contributed by atoms with E-state index in [0.717, 1.165) is 64.5 Å². The predicted octanol–water partition coefficient (Wildman–Crippen LogP) is 3.86. The Bertz CT molecular complexity index is 1670. The third-order valence-electron chi connectivity index (χ3n) is 15.2. The molecular formula is C42H70N6O7S. The van der Waals surface area contributed by atoms with Crippen LogP contribution in [0.1, 0.15) is 139 Å². The highest BCUT2D eigenvalue weighted by Crippen LogP contribution is 2.88. The second-order valence-electron chi connectivity index (χ2n) is 21.0. The third kappa shape index (κ3) is 7.87. The number of carbonyl (C=O) groups is 5. The molecule has 5 amide bonds. The third-order valence-corrected chi connectivity index (χ3v) is 17.0. The van der Waals surface area contributed by atoms with E-state index in [-0.39, 0.29) is 39.9 Å². The zero-order valence-electron chi connectivity index (χ0n) is 35.5. The summed E-state index contributed by atoms with van der Waals surface area (Å²) in [6.45, 7) is 20.7. The number of carbonyl (C=O) groups excluding carboxylic acids is 5. The van der Waals surface area contributed by atoms with Crippen LogP contribution in [-0.2, 0) is 34.0 Å². The zero-order valence-corrected chi connectivity index (χ0v) is 36.3. The summed E-state index contributed by atoms with van der Waals surface area (Å²) >= 11 is 0. The maximum Gasteiger partial charge on any atom is 0.256 e. The van der Waals surface area contributed by atoms with Crippen LogP contribution in [0.2, 0.25) is 0 Å². The molecule has 4 saturated carbocycles. The average Bonchev–Trinajstić information content (AvgIpc) is 3.94. The Kier molecular flexibility index (Phi) is 11.6. The Morgan fingerprint density at radius 1 is 0.768 bits per heavy atom. The van der Waals surface area contributed by atoms with Crippen LogP contribution >= 0.6 is 0 Å².